The molecular weight excluding hydrogens is 280 g/mol. The summed E-state index contributed by atoms with van der Waals surface area (Å²) < 4.78 is 0. The van der Waals surface area contributed by atoms with E-state index in [0.29, 0.717) is 12.8 Å². The molecule has 0 bridgehead atoms. The van der Waals surface area contributed by atoms with Gasteiger partial charge in [0.2, 0.25) is 0 Å². The van der Waals surface area contributed by atoms with Crippen molar-refractivity contribution >= 4 is 11.9 Å². The molecule has 2 unspecified atom stereocenters. The minimum Gasteiger partial charge on any atom is -0.481 e. The third-order valence-corrected chi connectivity index (χ3v) is 5.99. The van der Waals surface area contributed by atoms with Gasteiger partial charge in [0, 0.05) is 0 Å². The average molecular weight is 310 g/mol. The Morgan fingerprint density at radius 1 is 0.727 bits per heavy atom. The molecule has 126 valence electrons. The summed E-state index contributed by atoms with van der Waals surface area (Å²) in [6.07, 6.45) is 12.2. The first-order valence-corrected chi connectivity index (χ1v) is 9.05. The van der Waals surface area contributed by atoms with Crippen molar-refractivity contribution < 1.29 is 19.8 Å². The first-order valence-electron chi connectivity index (χ1n) is 9.05. The van der Waals surface area contributed by atoms with E-state index >= 15 is 0 Å². The van der Waals surface area contributed by atoms with Crippen LogP contribution in [0.4, 0.5) is 0 Å². The molecule has 2 fully saturated rings. The highest BCUT2D eigenvalue weighted by atomic mass is 16.4. The number of carboxylic acids is 2. The van der Waals surface area contributed by atoms with E-state index < -0.39 is 23.3 Å². The molecular formula is C18H30O4. The van der Waals surface area contributed by atoms with E-state index in [9.17, 15) is 19.8 Å². The van der Waals surface area contributed by atoms with Crippen molar-refractivity contribution in [3.63, 3.8) is 0 Å². The van der Waals surface area contributed by atoms with Crippen LogP contribution in [0.5, 0.6) is 0 Å². The van der Waals surface area contributed by atoms with Crippen LogP contribution in [0.3, 0.4) is 0 Å². The van der Waals surface area contributed by atoms with Crippen LogP contribution >= 0.6 is 0 Å². The van der Waals surface area contributed by atoms with Crippen LogP contribution in [0, 0.1) is 17.3 Å². The molecule has 0 aromatic heterocycles. The highest BCUT2D eigenvalue weighted by Crippen LogP contribution is 2.49. The smallest absolute Gasteiger partial charge is 0.310 e. The Morgan fingerprint density at radius 3 is 1.77 bits per heavy atom. The van der Waals surface area contributed by atoms with Crippen LogP contribution < -0.4 is 0 Å². The molecule has 0 saturated heterocycles. The number of rotatable bonds is 3. The topological polar surface area (TPSA) is 74.6 Å². The largest absolute Gasteiger partial charge is 0.481 e. The van der Waals surface area contributed by atoms with Crippen LogP contribution in [0.2, 0.25) is 0 Å². The summed E-state index contributed by atoms with van der Waals surface area (Å²) in [5.41, 5.74) is -1.04. The number of aliphatic carboxylic acids is 2. The minimum absolute atomic E-state index is 0.0319. The summed E-state index contributed by atoms with van der Waals surface area (Å²) in [7, 11) is 0. The Morgan fingerprint density at radius 2 is 1.23 bits per heavy atom. The number of carboxylic acid groups (broad SMARTS) is 2. The summed E-state index contributed by atoms with van der Waals surface area (Å²) in [5, 5.41) is 19.8. The minimum atomic E-state index is -1.04. The van der Waals surface area contributed by atoms with Crippen LogP contribution in [-0.4, -0.2) is 22.2 Å². The summed E-state index contributed by atoms with van der Waals surface area (Å²) >= 11 is 0. The van der Waals surface area contributed by atoms with E-state index in [1.807, 2.05) is 0 Å². The van der Waals surface area contributed by atoms with Gasteiger partial charge in [0.1, 0.15) is 0 Å². The third-order valence-electron chi connectivity index (χ3n) is 5.99. The summed E-state index contributed by atoms with van der Waals surface area (Å²) in [4.78, 5) is 24.2. The molecule has 2 aliphatic rings. The SMILES string of the molecule is O=C(O)C1CCCCCCC1(C(=O)O)C1CCCCCCC1. The van der Waals surface area contributed by atoms with E-state index in [0.717, 1.165) is 64.2 Å². The number of hydrogen-bond acceptors (Lipinski definition) is 2. The highest BCUT2D eigenvalue weighted by Gasteiger charge is 2.53. The van der Waals surface area contributed by atoms with Crippen molar-refractivity contribution in [1.82, 2.24) is 0 Å². The van der Waals surface area contributed by atoms with Gasteiger partial charge < -0.3 is 10.2 Å². The molecule has 0 aromatic carbocycles. The van der Waals surface area contributed by atoms with Gasteiger partial charge in [0.25, 0.3) is 0 Å². The van der Waals surface area contributed by atoms with E-state index in [4.69, 9.17) is 0 Å². The molecule has 0 amide bonds. The fourth-order valence-electron chi connectivity index (χ4n) is 4.79. The number of carbonyl (C=O) groups is 2. The van der Waals surface area contributed by atoms with Crippen LogP contribution in [0.25, 0.3) is 0 Å². The summed E-state index contributed by atoms with van der Waals surface area (Å²) in [6.45, 7) is 0. The lowest BCUT2D eigenvalue weighted by Gasteiger charge is -2.43. The van der Waals surface area contributed by atoms with Gasteiger partial charge in [-0.2, -0.15) is 0 Å². The molecule has 2 atom stereocenters. The lowest BCUT2D eigenvalue weighted by atomic mass is 9.58. The normalized spacial score (nSPS) is 32.3. The van der Waals surface area contributed by atoms with Gasteiger partial charge in [0.05, 0.1) is 11.3 Å². The van der Waals surface area contributed by atoms with E-state index in [-0.39, 0.29) is 5.92 Å². The summed E-state index contributed by atoms with van der Waals surface area (Å²) in [5.74, 6) is -2.43. The van der Waals surface area contributed by atoms with Gasteiger partial charge in [-0.25, -0.2) is 0 Å². The fraction of sp³-hybridized carbons (Fsp3) is 0.889. The van der Waals surface area contributed by atoms with Crippen molar-refractivity contribution in [2.24, 2.45) is 17.3 Å². The lowest BCUT2D eigenvalue weighted by molar-refractivity contribution is -0.170. The van der Waals surface area contributed by atoms with E-state index in [2.05, 4.69) is 0 Å². The van der Waals surface area contributed by atoms with Crippen LogP contribution in [0.1, 0.15) is 83.5 Å². The number of hydrogen-bond donors (Lipinski definition) is 2. The van der Waals surface area contributed by atoms with Gasteiger partial charge in [0.15, 0.2) is 0 Å². The Kier molecular flexibility index (Phi) is 6.27. The Balaban J connectivity index is 2.34. The molecule has 0 heterocycles. The molecule has 0 aliphatic heterocycles. The first-order chi connectivity index (χ1) is 10.6. The monoisotopic (exact) mass is 310 g/mol. The lowest BCUT2D eigenvalue weighted by Crippen LogP contribution is -2.49. The van der Waals surface area contributed by atoms with Crippen LogP contribution in [-0.2, 0) is 9.59 Å². The van der Waals surface area contributed by atoms with Gasteiger partial charge in [-0.1, -0.05) is 57.8 Å². The zero-order valence-electron chi connectivity index (χ0n) is 13.6. The molecule has 22 heavy (non-hydrogen) atoms. The predicted molar refractivity (Wildman–Crippen MR) is 84.7 cm³/mol. The van der Waals surface area contributed by atoms with Crippen molar-refractivity contribution in [2.75, 3.05) is 0 Å². The van der Waals surface area contributed by atoms with Gasteiger partial charge in [-0.3, -0.25) is 9.59 Å². The Hall–Kier alpha value is -1.06. The molecule has 2 N–H and O–H groups in total. The van der Waals surface area contributed by atoms with Crippen molar-refractivity contribution in [3.8, 4) is 0 Å². The maximum absolute atomic E-state index is 12.3. The molecule has 0 radical (unpaired) electrons. The van der Waals surface area contributed by atoms with Gasteiger partial charge in [-0.05, 0) is 31.6 Å². The molecule has 2 saturated carbocycles. The maximum atomic E-state index is 12.3. The van der Waals surface area contributed by atoms with Crippen molar-refractivity contribution in [3.05, 3.63) is 0 Å². The van der Waals surface area contributed by atoms with Crippen molar-refractivity contribution in [1.29, 1.82) is 0 Å². The van der Waals surface area contributed by atoms with Gasteiger partial charge >= 0.3 is 11.9 Å². The summed E-state index contributed by atoms with van der Waals surface area (Å²) in [6, 6.07) is 0. The fourth-order valence-corrected chi connectivity index (χ4v) is 4.79. The Bertz CT molecular complexity index is 385. The predicted octanol–water partition coefficient (Wildman–Crippen LogP) is 4.47. The molecule has 0 aromatic rings. The first kappa shape index (κ1) is 17.3. The molecule has 4 nitrogen and oxygen atoms in total. The standard InChI is InChI=1S/C18H30O4/c19-16(20)15-12-8-4-5-9-13-18(15,17(21)22)14-10-6-2-1-3-7-11-14/h14-15H,1-13H2,(H,19,20)(H,21,22). The van der Waals surface area contributed by atoms with Gasteiger partial charge in [-0.15, -0.1) is 0 Å². The maximum Gasteiger partial charge on any atom is 0.310 e. The van der Waals surface area contributed by atoms with E-state index in [1.54, 1.807) is 0 Å². The van der Waals surface area contributed by atoms with Crippen LogP contribution in [0.15, 0.2) is 0 Å². The average Bonchev–Trinajstić information content (AvgIpc) is 2.38. The zero-order valence-corrected chi connectivity index (χ0v) is 13.6. The van der Waals surface area contributed by atoms with Crippen molar-refractivity contribution in [2.45, 2.75) is 83.5 Å². The zero-order chi connectivity index (χ0) is 16.0. The highest BCUT2D eigenvalue weighted by molar-refractivity contribution is 5.83. The molecule has 2 rings (SSSR count). The van der Waals surface area contributed by atoms with E-state index in [1.165, 1.54) is 6.42 Å². The molecule has 0 spiro atoms. The molecule has 2 aliphatic carbocycles. The second-order valence-corrected chi connectivity index (χ2v) is 7.23. The quantitative estimate of drug-likeness (QED) is 0.806. The second-order valence-electron chi connectivity index (χ2n) is 7.23. The molecule has 4 heteroatoms. The second kappa shape index (κ2) is 7.98. The third kappa shape index (κ3) is 3.64. The Labute approximate surface area is 133 Å².